The highest BCUT2D eigenvalue weighted by Gasteiger charge is 2.28. The summed E-state index contributed by atoms with van der Waals surface area (Å²) in [6.07, 6.45) is 7.24. The molecule has 0 radical (unpaired) electrons. The van der Waals surface area contributed by atoms with E-state index < -0.39 is 5.79 Å². The third-order valence-electron chi connectivity index (χ3n) is 1.71. The lowest BCUT2D eigenvalue weighted by atomic mass is 10.3. The van der Waals surface area contributed by atoms with Gasteiger partial charge in [-0.3, -0.25) is 4.99 Å². The number of nitrogens with zero attached hydrogens (tertiary/aromatic N) is 1. The summed E-state index contributed by atoms with van der Waals surface area (Å²) in [6, 6.07) is 0. The van der Waals surface area contributed by atoms with E-state index in [4.69, 9.17) is 9.47 Å². The minimum absolute atomic E-state index is 0.675. The van der Waals surface area contributed by atoms with Gasteiger partial charge in [0.1, 0.15) is 0 Å². The number of hydrogen-bond donors (Lipinski definition) is 0. The topological polar surface area (TPSA) is 30.8 Å². The van der Waals surface area contributed by atoms with E-state index in [-0.39, 0.29) is 0 Å². The number of aliphatic imine (C=N–C) groups is 1. The van der Waals surface area contributed by atoms with Gasteiger partial charge >= 0.3 is 0 Å². The van der Waals surface area contributed by atoms with E-state index in [0.717, 1.165) is 12.8 Å². The van der Waals surface area contributed by atoms with E-state index in [2.05, 4.69) is 18.8 Å². The van der Waals surface area contributed by atoms with Crippen LogP contribution in [0.15, 0.2) is 17.3 Å². The summed E-state index contributed by atoms with van der Waals surface area (Å²) in [5.74, 6) is -0.675. The number of ether oxygens (including phenoxy) is 2. The fourth-order valence-electron chi connectivity index (χ4n) is 1.07. The molecule has 0 aromatic carbocycles. The zero-order valence-corrected chi connectivity index (χ0v) is 8.32. The van der Waals surface area contributed by atoms with Crippen LogP contribution < -0.4 is 0 Å². The Hall–Kier alpha value is -0.670. The van der Waals surface area contributed by atoms with Crippen LogP contribution in [-0.2, 0) is 9.47 Å². The second-order valence-corrected chi connectivity index (χ2v) is 3.01. The molecule has 0 N–H and O–H groups in total. The van der Waals surface area contributed by atoms with Crippen molar-refractivity contribution in [1.82, 2.24) is 0 Å². The van der Waals surface area contributed by atoms with Crippen LogP contribution in [0.3, 0.4) is 0 Å². The Morgan fingerprint density at radius 2 is 1.77 bits per heavy atom. The molecule has 0 bridgehead atoms. The van der Waals surface area contributed by atoms with Gasteiger partial charge in [0.2, 0.25) is 5.79 Å². The van der Waals surface area contributed by atoms with Crippen molar-refractivity contribution in [2.45, 2.75) is 32.5 Å². The van der Waals surface area contributed by atoms with Crippen LogP contribution in [0.5, 0.6) is 0 Å². The van der Waals surface area contributed by atoms with Gasteiger partial charge in [0.25, 0.3) is 0 Å². The van der Waals surface area contributed by atoms with Crippen molar-refractivity contribution >= 4 is 6.21 Å². The predicted molar refractivity (Wildman–Crippen MR) is 52.8 cm³/mol. The first-order valence-corrected chi connectivity index (χ1v) is 4.83. The van der Waals surface area contributed by atoms with E-state index in [9.17, 15) is 0 Å². The van der Waals surface area contributed by atoms with E-state index in [1.54, 1.807) is 12.4 Å². The molecule has 1 aliphatic heterocycles. The zero-order valence-electron chi connectivity index (χ0n) is 8.32. The van der Waals surface area contributed by atoms with Crippen molar-refractivity contribution in [2.24, 2.45) is 4.99 Å². The largest absolute Gasteiger partial charge is 0.342 e. The summed E-state index contributed by atoms with van der Waals surface area (Å²) in [5.41, 5.74) is 0. The highest BCUT2D eigenvalue weighted by atomic mass is 16.7. The lowest BCUT2D eigenvalue weighted by Gasteiger charge is -2.24. The first kappa shape index (κ1) is 10.4. The summed E-state index contributed by atoms with van der Waals surface area (Å²) in [7, 11) is 0. The Balaban J connectivity index is 2.44. The molecule has 0 spiro atoms. The normalized spacial score (nSPS) is 18.3. The Kier molecular flexibility index (Phi) is 4.12. The minimum atomic E-state index is -0.675. The molecule has 0 aliphatic carbocycles. The van der Waals surface area contributed by atoms with E-state index in [1.165, 1.54) is 0 Å². The van der Waals surface area contributed by atoms with Gasteiger partial charge in [0, 0.05) is 6.20 Å². The standard InChI is InChI=1S/C10H17NO2/c1-3-7-12-10(13-8-4-2)5-6-11-9-10/h5-6,9H,3-4,7-8H2,1-2H3. The average molecular weight is 183 g/mol. The fourth-order valence-corrected chi connectivity index (χ4v) is 1.07. The highest BCUT2D eigenvalue weighted by Crippen LogP contribution is 2.18. The molecule has 0 amide bonds. The van der Waals surface area contributed by atoms with E-state index in [0.29, 0.717) is 13.2 Å². The minimum Gasteiger partial charge on any atom is -0.342 e. The monoisotopic (exact) mass is 183 g/mol. The van der Waals surface area contributed by atoms with Gasteiger partial charge in [-0.2, -0.15) is 0 Å². The van der Waals surface area contributed by atoms with Crippen LogP contribution in [0.4, 0.5) is 0 Å². The average Bonchev–Trinajstić information content (AvgIpc) is 2.61. The molecule has 0 aromatic heterocycles. The third kappa shape index (κ3) is 2.94. The lowest BCUT2D eigenvalue weighted by molar-refractivity contribution is -0.151. The van der Waals surface area contributed by atoms with Gasteiger partial charge in [0.05, 0.1) is 19.4 Å². The molecule has 0 saturated heterocycles. The van der Waals surface area contributed by atoms with Crippen molar-refractivity contribution in [1.29, 1.82) is 0 Å². The summed E-state index contributed by atoms with van der Waals surface area (Å²) >= 11 is 0. The molecule has 0 fully saturated rings. The summed E-state index contributed by atoms with van der Waals surface area (Å²) in [4.78, 5) is 3.99. The molecule has 3 nitrogen and oxygen atoms in total. The first-order valence-electron chi connectivity index (χ1n) is 4.83. The van der Waals surface area contributed by atoms with Crippen LogP contribution in [0.2, 0.25) is 0 Å². The third-order valence-corrected chi connectivity index (χ3v) is 1.71. The molecule has 0 saturated carbocycles. The summed E-state index contributed by atoms with van der Waals surface area (Å²) < 4.78 is 11.2. The Morgan fingerprint density at radius 3 is 2.15 bits per heavy atom. The van der Waals surface area contributed by atoms with Gasteiger partial charge in [-0.25, -0.2) is 0 Å². The molecule has 13 heavy (non-hydrogen) atoms. The quantitative estimate of drug-likeness (QED) is 0.591. The van der Waals surface area contributed by atoms with Crippen molar-refractivity contribution < 1.29 is 9.47 Å². The number of hydrogen-bond acceptors (Lipinski definition) is 3. The zero-order chi connectivity index (χ0) is 9.57. The SMILES string of the molecule is CCCOC1(OCCC)C=CN=C1. The lowest BCUT2D eigenvalue weighted by Crippen LogP contribution is -2.34. The highest BCUT2D eigenvalue weighted by molar-refractivity contribution is 5.73. The second-order valence-electron chi connectivity index (χ2n) is 3.01. The molecular weight excluding hydrogens is 166 g/mol. The maximum absolute atomic E-state index is 5.58. The molecule has 1 rings (SSSR count). The van der Waals surface area contributed by atoms with Crippen molar-refractivity contribution in [3.63, 3.8) is 0 Å². The van der Waals surface area contributed by atoms with Crippen molar-refractivity contribution in [3.8, 4) is 0 Å². The molecule has 74 valence electrons. The summed E-state index contributed by atoms with van der Waals surface area (Å²) in [5, 5.41) is 0. The van der Waals surface area contributed by atoms with Gasteiger partial charge in [0.15, 0.2) is 0 Å². The van der Waals surface area contributed by atoms with Crippen LogP contribution in [-0.4, -0.2) is 25.2 Å². The van der Waals surface area contributed by atoms with Crippen LogP contribution in [0.25, 0.3) is 0 Å². The molecule has 1 aliphatic rings. The molecule has 0 aromatic rings. The molecular formula is C10H17NO2. The van der Waals surface area contributed by atoms with Gasteiger partial charge in [-0.1, -0.05) is 13.8 Å². The van der Waals surface area contributed by atoms with Crippen LogP contribution >= 0.6 is 0 Å². The predicted octanol–water partition coefficient (Wildman–Crippen LogP) is 2.13. The Morgan fingerprint density at radius 1 is 1.15 bits per heavy atom. The molecule has 1 heterocycles. The van der Waals surface area contributed by atoms with Gasteiger partial charge < -0.3 is 9.47 Å². The van der Waals surface area contributed by atoms with Crippen LogP contribution in [0.1, 0.15) is 26.7 Å². The van der Waals surface area contributed by atoms with Crippen molar-refractivity contribution in [3.05, 3.63) is 12.3 Å². The molecule has 3 heteroatoms. The van der Waals surface area contributed by atoms with Crippen LogP contribution in [0, 0.1) is 0 Å². The van der Waals surface area contributed by atoms with E-state index >= 15 is 0 Å². The molecule has 0 atom stereocenters. The van der Waals surface area contributed by atoms with E-state index in [1.807, 2.05) is 6.08 Å². The molecule has 0 unspecified atom stereocenters. The first-order chi connectivity index (χ1) is 6.33. The van der Waals surface area contributed by atoms with Crippen molar-refractivity contribution in [2.75, 3.05) is 13.2 Å². The maximum Gasteiger partial charge on any atom is 0.227 e. The Bertz CT molecular complexity index is 177. The second kappa shape index (κ2) is 5.14. The Labute approximate surface area is 79.5 Å². The smallest absolute Gasteiger partial charge is 0.227 e. The summed E-state index contributed by atoms with van der Waals surface area (Å²) in [6.45, 7) is 5.53. The maximum atomic E-state index is 5.58. The fraction of sp³-hybridized carbons (Fsp3) is 0.700. The number of rotatable bonds is 6. The van der Waals surface area contributed by atoms with Gasteiger partial charge in [-0.15, -0.1) is 0 Å². The van der Waals surface area contributed by atoms with Gasteiger partial charge in [-0.05, 0) is 18.9 Å².